The molecule has 3 rings (SSSR count). The van der Waals surface area contributed by atoms with Gasteiger partial charge in [0.15, 0.2) is 0 Å². The second kappa shape index (κ2) is 10.3. The quantitative estimate of drug-likeness (QED) is 0.426. The molecule has 0 saturated carbocycles. The summed E-state index contributed by atoms with van der Waals surface area (Å²) in [5, 5.41) is 2.81. The van der Waals surface area contributed by atoms with Crippen molar-refractivity contribution in [3.8, 4) is 0 Å². The Bertz CT molecular complexity index is 847. The van der Waals surface area contributed by atoms with E-state index in [4.69, 9.17) is 0 Å². The molecule has 1 aromatic carbocycles. The van der Waals surface area contributed by atoms with Gasteiger partial charge in [-0.15, -0.1) is 0 Å². The van der Waals surface area contributed by atoms with Crippen LogP contribution < -0.4 is 5.32 Å². The highest BCUT2D eigenvalue weighted by Gasteiger charge is 2.32. The van der Waals surface area contributed by atoms with Crippen LogP contribution in [0.4, 0.5) is 0 Å². The number of imide groups is 1. The molecule has 6 heteroatoms. The Morgan fingerprint density at radius 1 is 1.07 bits per heavy atom. The topological polar surface area (TPSA) is 79.4 Å². The van der Waals surface area contributed by atoms with Gasteiger partial charge in [-0.25, -0.2) is 0 Å². The summed E-state index contributed by atoms with van der Waals surface area (Å²) in [6, 6.07) is 13.4. The van der Waals surface area contributed by atoms with Crippen molar-refractivity contribution < 1.29 is 14.4 Å². The minimum atomic E-state index is -0.176. The summed E-state index contributed by atoms with van der Waals surface area (Å²) in [5.41, 5.74) is 1.90. The number of carbonyl (C=O) groups excluding carboxylic acids is 3. The molecule has 2 aromatic rings. The molecule has 29 heavy (non-hydrogen) atoms. The largest absolute Gasteiger partial charge is 0.353 e. The van der Waals surface area contributed by atoms with Crippen LogP contribution in [-0.4, -0.2) is 40.7 Å². The van der Waals surface area contributed by atoms with Crippen LogP contribution >= 0.6 is 0 Å². The normalized spacial score (nSPS) is 15.1. The first-order valence-electron chi connectivity index (χ1n) is 9.87. The van der Waals surface area contributed by atoms with Gasteiger partial charge in [0, 0.05) is 50.3 Å². The molecule has 1 saturated heterocycles. The fourth-order valence-electron chi connectivity index (χ4n) is 3.38. The number of likely N-dealkylation sites (tertiary alicyclic amines) is 1. The summed E-state index contributed by atoms with van der Waals surface area (Å²) in [7, 11) is 0. The van der Waals surface area contributed by atoms with Gasteiger partial charge < -0.3 is 5.32 Å². The number of hydrogen-bond acceptors (Lipinski definition) is 4. The third-order valence-electron chi connectivity index (χ3n) is 4.93. The maximum atomic E-state index is 12.4. The average Bonchev–Trinajstić information content (AvgIpc) is 2.75. The maximum absolute atomic E-state index is 12.4. The van der Waals surface area contributed by atoms with Crippen molar-refractivity contribution in [3.63, 3.8) is 0 Å². The fraction of sp³-hybridized carbons (Fsp3) is 0.304. The second-order valence-corrected chi connectivity index (χ2v) is 7.07. The van der Waals surface area contributed by atoms with Crippen molar-refractivity contribution in [2.45, 2.75) is 31.6 Å². The van der Waals surface area contributed by atoms with Crippen LogP contribution in [0.2, 0.25) is 0 Å². The highest BCUT2D eigenvalue weighted by molar-refractivity contribution is 5.98. The number of hydrogen-bond donors (Lipinski definition) is 1. The van der Waals surface area contributed by atoms with Gasteiger partial charge in [0.2, 0.25) is 17.7 Å². The maximum Gasteiger partial charge on any atom is 0.243 e. The van der Waals surface area contributed by atoms with Gasteiger partial charge in [-0.3, -0.25) is 24.3 Å². The summed E-state index contributed by atoms with van der Waals surface area (Å²) >= 11 is 0. The van der Waals surface area contributed by atoms with E-state index in [2.05, 4.69) is 10.3 Å². The van der Waals surface area contributed by atoms with Crippen molar-refractivity contribution >= 4 is 23.8 Å². The van der Waals surface area contributed by atoms with Crippen molar-refractivity contribution in [1.29, 1.82) is 0 Å². The van der Waals surface area contributed by atoms with Gasteiger partial charge in [0.1, 0.15) is 0 Å². The lowest BCUT2D eigenvalue weighted by atomic mass is 9.88. The Kier molecular flexibility index (Phi) is 7.28. The molecule has 1 fully saturated rings. The molecule has 1 N–H and O–H groups in total. The Balaban J connectivity index is 1.36. The standard InChI is InChI=1S/C23H25N3O3/c27-21(11-10-18-7-6-12-24-17-18)25-13-4-5-14-26-22(28)15-20(16-23(26)29)19-8-2-1-3-9-19/h1-3,6-12,17,20H,4-5,13-16H2,(H,25,27)/b11-10-. The Hall–Kier alpha value is -3.28. The van der Waals surface area contributed by atoms with E-state index in [9.17, 15) is 14.4 Å². The van der Waals surface area contributed by atoms with Gasteiger partial charge >= 0.3 is 0 Å². The van der Waals surface area contributed by atoms with E-state index in [1.54, 1.807) is 18.5 Å². The van der Waals surface area contributed by atoms with E-state index in [-0.39, 0.29) is 23.6 Å². The first kappa shape index (κ1) is 20.5. The molecule has 1 aliphatic rings. The third kappa shape index (κ3) is 6.10. The average molecular weight is 391 g/mol. The molecule has 6 nitrogen and oxygen atoms in total. The number of aromatic nitrogens is 1. The molecule has 2 heterocycles. The molecule has 150 valence electrons. The van der Waals surface area contributed by atoms with E-state index in [1.807, 2.05) is 42.5 Å². The van der Waals surface area contributed by atoms with Gasteiger partial charge in [0.05, 0.1) is 0 Å². The van der Waals surface area contributed by atoms with Crippen LogP contribution in [0.1, 0.15) is 42.7 Å². The van der Waals surface area contributed by atoms with Crippen LogP contribution in [-0.2, 0) is 14.4 Å². The molecule has 1 aliphatic heterocycles. The summed E-state index contributed by atoms with van der Waals surface area (Å²) < 4.78 is 0. The monoisotopic (exact) mass is 391 g/mol. The van der Waals surface area contributed by atoms with Crippen LogP contribution in [0, 0.1) is 0 Å². The van der Waals surface area contributed by atoms with E-state index in [0.717, 1.165) is 11.1 Å². The lowest BCUT2D eigenvalue weighted by Crippen LogP contribution is -2.43. The Morgan fingerprint density at radius 2 is 1.83 bits per heavy atom. The molecule has 0 spiro atoms. The predicted octanol–water partition coefficient (Wildman–Crippen LogP) is 2.92. The van der Waals surface area contributed by atoms with Crippen molar-refractivity contribution in [1.82, 2.24) is 15.2 Å². The fourth-order valence-corrected chi connectivity index (χ4v) is 3.38. The molecule has 0 atom stereocenters. The number of benzene rings is 1. The summed E-state index contributed by atoms with van der Waals surface area (Å²) in [4.78, 5) is 42.0. The molecule has 3 amide bonds. The molecule has 0 unspecified atom stereocenters. The molecule has 0 aliphatic carbocycles. The number of nitrogens with zero attached hydrogens (tertiary/aromatic N) is 2. The number of rotatable bonds is 8. The molecular weight excluding hydrogens is 366 g/mol. The zero-order chi connectivity index (χ0) is 20.5. The number of unbranched alkanes of at least 4 members (excludes halogenated alkanes) is 1. The molecule has 0 bridgehead atoms. The zero-order valence-electron chi connectivity index (χ0n) is 16.3. The number of piperidine rings is 1. The van der Waals surface area contributed by atoms with Crippen molar-refractivity contribution in [3.05, 3.63) is 72.1 Å². The SMILES string of the molecule is O=C(/C=C\c1cccnc1)NCCCCN1C(=O)CC(c2ccccc2)CC1=O. The van der Waals surface area contributed by atoms with Gasteiger partial charge in [0.25, 0.3) is 0 Å². The summed E-state index contributed by atoms with van der Waals surface area (Å²) in [5.74, 6) is -0.430. The minimum Gasteiger partial charge on any atom is -0.353 e. The number of nitrogens with one attached hydrogen (secondary N) is 1. The summed E-state index contributed by atoms with van der Waals surface area (Å²) in [6.45, 7) is 0.902. The van der Waals surface area contributed by atoms with E-state index >= 15 is 0 Å². The van der Waals surface area contributed by atoms with E-state index < -0.39 is 0 Å². The number of amides is 3. The van der Waals surface area contributed by atoms with Crippen LogP contribution in [0.25, 0.3) is 6.08 Å². The van der Waals surface area contributed by atoms with Crippen molar-refractivity contribution in [2.24, 2.45) is 0 Å². The third-order valence-corrected chi connectivity index (χ3v) is 4.93. The Morgan fingerprint density at radius 3 is 2.52 bits per heavy atom. The van der Waals surface area contributed by atoms with Crippen molar-refractivity contribution in [2.75, 3.05) is 13.1 Å². The summed E-state index contributed by atoms with van der Waals surface area (Å²) in [6.07, 6.45) is 8.63. The first-order chi connectivity index (χ1) is 14.1. The lowest BCUT2D eigenvalue weighted by Gasteiger charge is -2.30. The van der Waals surface area contributed by atoms with Gasteiger partial charge in [-0.2, -0.15) is 0 Å². The van der Waals surface area contributed by atoms with E-state index in [1.165, 1.54) is 11.0 Å². The number of pyridine rings is 1. The molecular formula is C23H25N3O3. The van der Waals surface area contributed by atoms with Crippen LogP contribution in [0.15, 0.2) is 60.9 Å². The van der Waals surface area contributed by atoms with Gasteiger partial charge in [-0.05, 0) is 36.1 Å². The molecule has 0 radical (unpaired) electrons. The highest BCUT2D eigenvalue weighted by Crippen LogP contribution is 2.29. The van der Waals surface area contributed by atoms with E-state index in [0.29, 0.717) is 38.8 Å². The Labute approximate surface area is 170 Å². The smallest absolute Gasteiger partial charge is 0.243 e. The predicted molar refractivity (Wildman–Crippen MR) is 111 cm³/mol. The molecule has 1 aromatic heterocycles. The lowest BCUT2D eigenvalue weighted by molar-refractivity contribution is -0.148. The first-order valence-corrected chi connectivity index (χ1v) is 9.87. The van der Waals surface area contributed by atoms with Gasteiger partial charge in [-0.1, -0.05) is 36.4 Å². The zero-order valence-corrected chi connectivity index (χ0v) is 16.3. The minimum absolute atomic E-state index is 0.0293. The number of carbonyl (C=O) groups is 3. The second-order valence-electron chi connectivity index (χ2n) is 7.07. The van der Waals surface area contributed by atoms with Crippen LogP contribution in [0.3, 0.4) is 0 Å². The van der Waals surface area contributed by atoms with Crippen LogP contribution in [0.5, 0.6) is 0 Å². The highest BCUT2D eigenvalue weighted by atomic mass is 16.2.